The molecule has 0 unspecified atom stereocenters. The zero-order valence-electron chi connectivity index (χ0n) is 12.5. The van der Waals surface area contributed by atoms with Crippen LogP contribution in [0, 0.1) is 5.41 Å². The van der Waals surface area contributed by atoms with Gasteiger partial charge in [-0.25, -0.2) is 0 Å². The minimum atomic E-state index is 0.676. The van der Waals surface area contributed by atoms with Gasteiger partial charge in [0.2, 0.25) is 0 Å². The summed E-state index contributed by atoms with van der Waals surface area (Å²) in [6.45, 7) is 11.8. The Morgan fingerprint density at radius 2 is 1.56 bits per heavy atom. The van der Waals surface area contributed by atoms with E-state index in [1.54, 1.807) is 7.11 Å². The summed E-state index contributed by atoms with van der Waals surface area (Å²) < 4.78 is 5.17. The molecule has 0 radical (unpaired) electrons. The van der Waals surface area contributed by atoms with E-state index in [4.69, 9.17) is 4.74 Å². The van der Waals surface area contributed by atoms with Crippen LogP contribution in [0.4, 0.5) is 0 Å². The summed E-state index contributed by atoms with van der Waals surface area (Å²) in [6.07, 6.45) is 5.65. The van der Waals surface area contributed by atoms with Gasteiger partial charge >= 0.3 is 0 Å². The average Bonchev–Trinajstić information content (AvgIpc) is 2.39. The molecule has 0 bridgehead atoms. The molecule has 0 N–H and O–H groups in total. The number of rotatable bonds is 4. The second-order valence-electron chi connectivity index (χ2n) is 6.46. The molecule has 2 aliphatic rings. The van der Waals surface area contributed by atoms with Crippen LogP contribution < -0.4 is 0 Å². The SMILES string of the molecule is COCCN1CCC2(CC1)CCN(C(C)C)CC2. The minimum absolute atomic E-state index is 0.676. The lowest BCUT2D eigenvalue weighted by atomic mass is 9.71. The minimum Gasteiger partial charge on any atom is -0.383 e. The van der Waals surface area contributed by atoms with Gasteiger partial charge in [-0.1, -0.05) is 0 Å². The lowest BCUT2D eigenvalue weighted by Crippen LogP contribution is -2.48. The van der Waals surface area contributed by atoms with Crippen LogP contribution in [0.3, 0.4) is 0 Å². The third-order valence-corrected chi connectivity index (χ3v) is 5.12. The molecule has 0 atom stereocenters. The van der Waals surface area contributed by atoms with Crippen LogP contribution in [0.2, 0.25) is 0 Å². The Morgan fingerprint density at radius 3 is 2.06 bits per heavy atom. The molecule has 18 heavy (non-hydrogen) atoms. The van der Waals surface area contributed by atoms with E-state index < -0.39 is 0 Å². The predicted octanol–water partition coefficient (Wildman–Crippen LogP) is 2.22. The molecule has 0 aromatic rings. The standard InChI is InChI=1S/C15H30N2O/c1-14(2)17-10-6-15(7-11-17)4-8-16(9-5-15)12-13-18-3/h14H,4-13H2,1-3H3. The summed E-state index contributed by atoms with van der Waals surface area (Å²) >= 11 is 0. The smallest absolute Gasteiger partial charge is 0.0589 e. The van der Waals surface area contributed by atoms with Crippen LogP contribution in [0.15, 0.2) is 0 Å². The van der Waals surface area contributed by atoms with Crippen LogP contribution in [-0.4, -0.2) is 62.3 Å². The van der Waals surface area contributed by atoms with Gasteiger partial charge in [-0.2, -0.15) is 0 Å². The molecule has 2 heterocycles. The van der Waals surface area contributed by atoms with Crippen molar-refractivity contribution < 1.29 is 4.74 Å². The van der Waals surface area contributed by atoms with Gasteiger partial charge in [0, 0.05) is 19.7 Å². The van der Waals surface area contributed by atoms with Gasteiger partial charge in [0.1, 0.15) is 0 Å². The molecule has 3 nitrogen and oxygen atoms in total. The van der Waals surface area contributed by atoms with Gasteiger partial charge in [0.25, 0.3) is 0 Å². The number of likely N-dealkylation sites (tertiary alicyclic amines) is 2. The van der Waals surface area contributed by atoms with Crippen molar-refractivity contribution in [3.05, 3.63) is 0 Å². The topological polar surface area (TPSA) is 15.7 Å². The lowest BCUT2D eigenvalue weighted by Gasteiger charge is -2.47. The van der Waals surface area contributed by atoms with Crippen LogP contribution in [-0.2, 0) is 4.74 Å². The van der Waals surface area contributed by atoms with Crippen molar-refractivity contribution in [3.8, 4) is 0 Å². The fourth-order valence-electron chi connectivity index (χ4n) is 3.49. The zero-order chi connectivity index (χ0) is 13.0. The van der Waals surface area contributed by atoms with Crippen molar-refractivity contribution in [2.24, 2.45) is 5.41 Å². The van der Waals surface area contributed by atoms with E-state index in [1.165, 1.54) is 51.9 Å². The number of ether oxygens (including phenoxy) is 1. The number of methoxy groups -OCH3 is 1. The highest BCUT2D eigenvalue weighted by Crippen LogP contribution is 2.41. The van der Waals surface area contributed by atoms with Crippen molar-refractivity contribution in [2.75, 3.05) is 46.4 Å². The molecule has 1 spiro atoms. The van der Waals surface area contributed by atoms with E-state index >= 15 is 0 Å². The molecular formula is C15H30N2O. The third kappa shape index (κ3) is 3.46. The van der Waals surface area contributed by atoms with Crippen LogP contribution >= 0.6 is 0 Å². The molecule has 2 aliphatic heterocycles. The molecule has 3 heteroatoms. The molecule has 2 fully saturated rings. The number of hydrogen-bond donors (Lipinski definition) is 0. The van der Waals surface area contributed by atoms with Gasteiger partial charge in [0.15, 0.2) is 0 Å². The Kier molecular flexibility index (Phi) is 5.05. The summed E-state index contributed by atoms with van der Waals surface area (Å²) in [5.74, 6) is 0. The quantitative estimate of drug-likeness (QED) is 0.765. The van der Waals surface area contributed by atoms with Crippen molar-refractivity contribution in [2.45, 2.75) is 45.6 Å². The number of piperidine rings is 2. The molecular weight excluding hydrogens is 224 g/mol. The predicted molar refractivity (Wildman–Crippen MR) is 75.9 cm³/mol. The Hall–Kier alpha value is -0.120. The first-order chi connectivity index (χ1) is 8.65. The second-order valence-corrected chi connectivity index (χ2v) is 6.46. The molecule has 106 valence electrons. The van der Waals surface area contributed by atoms with E-state index in [0.717, 1.165) is 19.2 Å². The van der Waals surface area contributed by atoms with E-state index in [0.29, 0.717) is 5.41 Å². The highest BCUT2D eigenvalue weighted by Gasteiger charge is 2.37. The first kappa shape index (κ1) is 14.3. The largest absolute Gasteiger partial charge is 0.383 e. The van der Waals surface area contributed by atoms with Gasteiger partial charge in [-0.15, -0.1) is 0 Å². The van der Waals surface area contributed by atoms with Crippen molar-refractivity contribution in [1.29, 1.82) is 0 Å². The molecule has 0 aromatic carbocycles. The maximum absolute atomic E-state index is 5.17. The van der Waals surface area contributed by atoms with Gasteiger partial charge in [0.05, 0.1) is 6.61 Å². The van der Waals surface area contributed by atoms with E-state index in [-0.39, 0.29) is 0 Å². The number of nitrogens with zero attached hydrogens (tertiary/aromatic N) is 2. The lowest BCUT2D eigenvalue weighted by molar-refractivity contribution is 0.0186. The fourth-order valence-corrected chi connectivity index (χ4v) is 3.49. The van der Waals surface area contributed by atoms with Crippen molar-refractivity contribution in [1.82, 2.24) is 9.80 Å². The first-order valence-corrected chi connectivity index (χ1v) is 7.61. The molecule has 0 amide bonds. The second kappa shape index (κ2) is 6.36. The third-order valence-electron chi connectivity index (χ3n) is 5.12. The number of hydrogen-bond acceptors (Lipinski definition) is 3. The van der Waals surface area contributed by atoms with Gasteiger partial charge in [-0.3, -0.25) is 0 Å². The summed E-state index contributed by atoms with van der Waals surface area (Å²) in [5, 5.41) is 0. The highest BCUT2D eigenvalue weighted by atomic mass is 16.5. The zero-order valence-corrected chi connectivity index (χ0v) is 12.5. The van der Waals surface area contributed by atoms with E-state index in [1.807, 2.05) is 0 Å². The molecule has 0 aliphatic carbocycles. The van der Waals surface area contributed by atoms with E-state index in [9.17, 15) is 0 Å². The van der Waals surface area contributed by atoms with Gasteiger partial charge < -0.3 is 14.5 Å². The summed E-state index contributed by atoms with van der Waals surface area (Å²) in [5.41, 5.74) is 0.676. The van der Waals surface area contributed by atoms with E-state index in [2.05, 4.69) is 23.6 Å². The van der Waals surface area contributed by atoms with Gasteiger partial charge in [-0.05, 0) is 71.1 Å². The maximum atomic E-state index is 5.17. The Balaban J connectivity index is 1.75. The molecule has 0 saturated carbocycles. The van der Waals surface area contributed by atoms with Crippen molar-refractivity contribution >= 4 is 0 Å². The summed E-state index contributed by atoms with van der Waals surface area (Å²) in [7, 11) is 1.80. The normalized spacial score (nSPS) is 26.0. The van der Waals surface area contributed by atoms with Crippen LogP contribution in [0.1, 0.15) is 39.5 Å². The Morgan fingerprint density at radius 1 is 1.00 bits per heavy atom. The molecule has 2 rings (SSSR count). The monoisotopic (exact) mass is 254 g/mol. The maximum Gasteiger partial charge on any atom is 0.0589 e. The van der Waals surface area contributed by atoms with Crippen LogP contribution in [0.25, 0.3) is 0 Å². The fraction of sp³-hybridized carbons (Fsp3) is 1.00. The molecule has 2 saturated heterocycles. The van der Waals surface area contributed by atoms with Crippen LogP contribution in [0.5, 0.6) is 0 Å². The Labute approximate surface area is 112 Å². The molecule has 0 aromatic heterocycles. The first-order valence-electron chi connectivity index (χ1n) is 7.61. The average molecular weight is 254 g/mol. The highest BCUT2D eigenvalue weighted by molar-refractivity contribution is 4.91. The summed E-state index contributed by atoms with van der Waals surface area (Å²) in [6, 6.07) is 0.726. The Bertz CT molecular complexity index is 237. The van der Waals surface area contributed by atoms with Crippen molar-refractivity contribution in [3.63, 3.8) is 0 Å². The summed E-state index contributed by atoms with van der Waals surface area (Å²) in [4.78, 5) is 5.21.